The number of carbonyl (C=O) groups excluding carboxylic acids is 1. The van der Waals surface area contributed by atoms with Gasteiger partial charge in [-0.25, -0.2) is 4.98 Å². The minimum absolute atomic E-state index is 0.0123. The van der Waals surface area contributed by atoms with Gasteiger partial charge in [0, 0.05) is 44.3 Å². The zero-order valence-electron chi connectivity index (χ0n) is 15.3. The Labute approximate surface area is 152 Å². The second kappa shape index (κ2) is 7.00. The zero-order valence-corrected chi connectivity index (χ0v) is 15.3. The van der Waals surface area contributed by atoms with Gasteiger partial charge in [-0.05, 0) is 25.7 Å². The molecule has 1 aliphatic carbocycles. The number of H-pyrrole nitrogens is 1. The molecule has 1 N–H and O–H groups in total. The molecule has 1 aromatic rings. The number of nitrogens with one attached hydrogen (secondary N) is 1. The number of ether oxygens (including phenoxy) is 2. The van der Waals surface area contributed by atoms with Gasteiger partial charge in [-0.2, -0.15) is 0 Å². The zero-order chi connectivity index (χ0) is 18.1. The first kappa shape index (κ1) is 17.5. The molecule has 0 aromatic carbocycles. The van der Waals surface area contributed by atoms with Crippen molar-refractivity contribution < 1.29 is 14.3 Å². The Morgan fingerprint density at radius 1 is 1.31 bits per heavy atom. The predicted molar refractivity (Wildman–Crippen MR) is 95.6 cm³/mol. The largest absolute Gasteiger partial charge is 0.378 e. The maximum absolute atomic E-state index is 12.7. The third kappa shape index (κ3) is 3.01. The number of rotatable bonds is 3. The minimum Gasteiger partial charge on any atom is -0.378 e. The van der Waals surface area contributed by atoms with Crippen LogP contribution < -0.4 is 10.5 Å². The number of morpholine rings is 1. The van der Waals surface area contributed by atoms with Gasteiger partial charge < -0.3 is 19.3 Å². The first-order valence-corrected chi connectivity index (χ1v) is 9.36. The summed E-state index contributed by atoms with van der Waals surface area (Å²) in [4.78, 5) is 36.8. The molecule has 8 nitrogen and oxygen atoms in total. The van der Waals surface area contributed by atoms with Crippen molar-refractivity contribution in [3.8, 4) is 0 Å². The molecule has 2 aliphatic heterocycles. The molecule has 142 valence electrons. The Balaban J connectivity index is 1.66. The number of likely N-dealkylation sites (tertiary alicyclic amines) is 1. The molecule has 2 fully saturated rings. The maximum Gasteiger partial charge on any atom is 0.255 e. The number of anilines is 1. The van der Waals surface area contributed by atoms with Crippen LogP contribution in [0.15, 0.2) is 4.79 Å². The number of hydrogen-bond donors (Lipinski definition) is 1. The lowest BCUT2D eigenvalue weighted by molar-refractivity contribution is -0.137. The van der Waals surface area contributed by atoms with E-state index in [1.54, 1.807) is 0 Å². The van der Waals surface area contributed by atoms with Crippen LogP contribution in [0.5, 0.6) is 0 Å². The summed E-state index contributed by atoms with van der Waals surface area (Å²) >= 11 is 0. The van der Waals surface area contributed by atoms with Crippen LogP contribution in [-0.2, 0) is 26.1 Å². The van der Waals surface area contributed by atoms with E-state index in [1.807, 2.05) is 4.90 Å². The summed E-state index contributed by atoms with van der Waals surface area (Å²) in [6, 6.07) is 0. The molecule has 1 atom stereocenters. The van der Waals surface area contributed by atoms with Gasteiger partial charge in [-0.15, -0.1) is 0 Å². The number of aromatic amines is 1. The van der Waals surface area contributed by atoms with Gasteiger partial charge in [0.25, 0.3) is 5.56 Å². The van der Waals surface area contributed by atoms with Gasteiger partial charge in [0.15, 0.2) is 0 Å². The topological polar surface area (TPSA) is 87.8 Å². The lowest BCUT2D eigenvalue weighted by Crippen LogP contribution is -2.49. The second-order valence-corrected chi connectivity index (χ2v) is 7.45. The highest BCUT2D eigenvalue weighted by Gasteiger charge is 2.45. The molecule has 0 radical (unpaired) electrons. The summed E-state index contributed by atoms with van der Waals surface area (Å²) in [7, 11) is 1.54. The van der Waals surface area contributed by atoms with Gasteiger partial charge in [-0.3, -0.25) is 14.6 Å². The average Bonchev–Trinajstić information content (AvgIpc) is 3.01. The molecule has 8 heteroatoms. The van der Waals surface area contributed by atoms with E-state index in [2.05, 4.69) is 9.88 Å². The average molecular weight is 362 g/mol. The van der Waals surface area contributed by atoms with Crippen molar-refractivity contribution in [1.29, 1.82) is 0 Å². The number of amides is 1. The second-order valence-electron chi connectivity index (χ2n) is 7.45. The summed E-state index contributed by atoms with van der Waals surface area (Å²) in [6.07, 6.45) is 3.50. The first-order valence-electron chi connectivity index (χ1n) is 9.36. The minimum atomic E-state index is -0.202. The quantitative estimate of drug-likeness (QED) is 0.818. The lowest BCUT2D eigenvalue weighted by atomic mass is 9.77. The smallest absolute Gasteiger partial charge is 0.255 e. The van der Waals surface area contributed by atoms with Gasteiger partial charge in [0.05, 0.1) is 18.9 Å². The molecule has 1 spiro atoms. The first-order chi connectivity index (χ1) is 12.6. The highest BCUT2D eigenvalue weighted by atomic mass is 16.5. The number of fused-ring (bicyclic) bond motifs is 2. The Hall–Kier alpha value is -1.93. The van der Waals surface area contributed by atoms with E-state index in [0.29, 0.717) is 25.7 Å². The highest BCUT2D eigenvalue weighted by molar-refractivity contribution is 5.77. The molecule has 2 saturated heterocycles. The maximum atomic E-state index is 12.7. The van der Waals surface area contributed by atoms with Crippen LogP contribution >= 0.6 is 0 Å². The molecule has 3 heterocycles. The molecule has 3 aliphatic rings. The number of hydrogen-bond acceptors (Lipinski definition) is 6. The van der Waals surface area contributed by atoms with Crippen molar-refractivity contribution in [2.24, 2.45) is 0 Å². The standard InChI is InChI=1S/C18H26N4O4/c1-25-11-14(23)22-6-2-4-18(12-22)5-3-13-15(18)19-17(20-16(13)24)21-7-9-26-10-8-21/h2-12H2,1H3,(H,19,20,24). The number of nitrogens with zero attached hydrogens (tertiary/aromatic N) is 3. The Kier molecular flexibility index (Phi) is 4.71. The van der Waals surface area contributed by atoms with E-state index in [-0.39, 0.29) is 23.5 Å². The van der Waals surface area contributed by atoms with Crippen molar-refractivity contribution >= 4 is 11.9 Å². The molecule has 1 amide bonds. The third-order valence-electron chi connectivity index (χ3n) is 5.87. The van der Waals surface area contributed by atoms with E-state index in [9.17, 15) is 9.59 Å². The summed E-state index contributed by atoms with van der Waals surface area (Å²) < 4.78 is 10.4. The van der Waals surface area contributed by atoms with E-state index in [4.69, 9.17) is 14.5 Å². The molecule has 1 aromatic heterocycles. The van der Waals surface area contributed by atoms with Crippen LogP contribution in [0.2, 0.25) is 0 Å². The highest BCUT2D eigenvalue weighted by Crippen LogP contribution is 2.43. The van der Waals surface area contributed by atoms with Crippen molar-refractivity contribution in [1.82, 2.24) is 14.9 Å². The third-order valence-corrected chi connectivity index (χ3v) is 5.87. The van der Waals surface area contributed by atoms with Crippen LogP contribution in [0, 0.1) is 0 Å². The fourth-order valence-corrected chi connectivity index (χ4v) is 4.52. The summed E-state index contributed by atoms with van der Waals surface area (Å²) in [6.45, 7) is 4.22. The number of methoxy groups -OCH3 is 1. The SMILES string of the molecule is COCC(=O)N1CCCC2(CCc3c2nc(N2CCOCC2)[nH]c3=O)C1. The summed E-state index contributed by atoms with van der Waals surface area (Å²) in [5, 5.41) is 0. The normalized spacial score (nSPS) is 25.6. The van der Waals surface area contributed by atoms with Gasteiger partial charge in [0.2, 0.25) is 11.9 Å². The van der Waals surface area contributed by atoms with Crippen LogP contribution in [0.1, 0.15) is 30.5 Å². The molecular weight excluding hydrogens is 336 g/mol. The number of piperidine rings is 1. The number of aromatic nitrogens is 2. The number of carbonyl (C=O) groups is 1. The van der Waals surface area contributed by atoms with E-state index in [0.717, 1.165) is 56.6 Å². The summed E-state index contributed by atoms with van der Waals surface area (Å²) in [5.74, 6) is 0.650. The van der Waals surface area contributed by atoms with E-state index < -0.39 is 0 Å². The predicted octanol–water partition coefficient (Wildman–Crippen LogP) is 0.0593. The summed E-state index contributed by atoms with van der Waals surface area (Å²) in [5.41, 5.74) is 1.46. The Morgan fingerprint density at radius 2 is 2.12 bits per heavy atom. The molecule has 0 bridgehead atoms. The van der Waals surface area contributed by atoms with Gasteiger partial charge >= 0.3 is 0 Å². The van der Waals surface area contributed by atoms with Crippen LogP contribution in [0.25, 0.3) is 0 Å². The Morgan fingerprint density at radius 3 is 2.88 bits per heavy atom. The van der Waals surface area contributed by atoms with Gasteiger partial charge in [-0.1, -0.05) is 0 Å². The molecule has 26 heavy (non-hydrogen) atoms. The lowest BCUT2D eigenvalue weighted by Gasteiger charge is -2.40. The van der Waals surface area contributed by atoms with Crippen molar-refractivity contribution in [3.63, 3.8) is 0 Å². The van der Waals surface area contributed by atoms with Crippen molar-refractivity contribution in [3.05, 3.63) is 21.6 Å². The molecular formula is C18H26N4O4. The van der Waals surface area contributed by atoms with Crippen molar-refractivity contribution in [2.45, 2.75) is 31.1 Å². The van der Waals surface area contributed by atoms with Crippen LogP contribution in [0.3, 0.4) is 0 Å². The molecule has 4 rings (SSSR count). The monoisotopic (exact) mass is 362 g/mol. The van der Waals surface area contributed by atoms with Crippen LogP contribution in [-0.4, -0.2) is 73.9 Å². The fourth-order valence-electron chi connectivity index (χ4n) is 4.52. The van der Waals surface area contributed by atoms with Gasteiger partial charge in [0.1, 0.15) is 6.61 Å². The van der Waals surface area contributed by atoms with E-state index in [1.165, 1.54) is 7.11 Å². The van der Waals surface area contributed by atoms with Crippen LogP contribution in [0.4, 0.5) is 5.95 Å². The van der Waals surface area contributed by atoms with Crippen molar-refractivity contribution in [2.75, 3.05) is 58.0 Å². The molecule has 0 saturated carbocycles. The Bertz CT molecular complexity index is 743. The van der Waals surface area contributed by atoms with E-state index >= 15 is 0 Å². The fraction of sp³-hybridized carbons (Fsp3) is 0.722. The molecule has 1 unspecified atom stereocenters.